The highest BCUT2D eigenvalue weighted by molar-refractivity contribution is 5.86. The number of carbonyl (C=O) groups is 1. The third kappa shape index (κ3) is 4.22. The molecule has 2 aliphatic rings. The molecule has 0 bridgehead atoms. The van der Waals surface area contributed by atoms with Crippen LogP contribution in [0.1, 0.15) is 36.9 Å². The van der Waals surface area contributed by atoms with Crippen LogP contribution in [0.25, 0.3) is 5.57 Å². The Hall–Kier alpha value is -3.09. The molecule has 2 fully saturated rings. The number of nitrogen functional groups attached to an aromatic ring is 1. The number of para-hydroxylation sites is 1. The van der Waals surface area contributed by atoms with E-state index in [0.717, 1.165) is 62.1 Å². The Morgan fingerprint density at radius 2 is 1.94 bits per heavy atom. The SMILES string of the molecule is C=C(CN1CCCC2(CCN(c3nc(C)cc(OC)n3)CC2)C1=O)c1ccccc1N. The molecule has 2 aliphatic heterocycles. The van der Waals surface area contributed by atoms with Gasteiger partial charge in [-0.25, -0.2) is 4.98 Å². The zero-order valence-electron chi connectivity index (χ0n) is 18.4. The lowest BCUT2D eigenvalue weighted by molar-refractivity contribution is -0.147. The molecule has 0 saturated carbocycles. The van der Waals surface area contributed by atoms with Crippen LogP contribution in [-0.4, -0.2) is 54.1 Å². The van der Waals surface area contributed by atoms with E-state index in [0.29, 0.717) is 24.1 Å². The smallest absolute Gasteiger partial charge is 0.229 e. The van der Waals surface area contributed by atoms with Gasteiger partial charge < -0.3 is 20.3 Å². The number of nitrogens with zero attached hydrogens (tertiary/aromatic N) is 4. The fraction of sp³-hybridized carbons (Fsp3) is 0.458. The first-order valence-electron chi connectivity index (χ1n) is 10.9. The third-order valence-corrected chi connectivity index (χ3v) is 6.58. The Morgan fingerprint density at radius 1 is 1.19 bits per heavy atom. The van der Waals surface area contributed by atoms with Gasteiger partial charge in [-0.05, 0) is 44.2 Å². The summed E-state index contributed by atoms with van der Waals surface area (Å²) in [4.78, 5) is 26.7. The van der Waals surface area contributed by atoms with Crippen molar-refractivity contribution < 1.29 is 9.53 Å². The van der Waals surface area contributed by atoms with Crippen LogP contribution in [0, 0.1) is 12.3 Å². The van der Waals surface area contributed by atoms with E-state index in [9.17, 15) is 4.79 Å². The van der Waals surface area contributed by atoms with Crippen LogP contribution >= 0.6 is 0 Å². The van der Waals surface area contributed by atoms with Crippen LogP contribution < -0.4 is 15.4 Å². The van der Waals surface area contributed by atoms with Crippen molar-refractivity contribution in [3.8, 4) is 5.88 Å². The number of anilines is 2. The molecule has 1 aromatic heterocycles. The second kappa shape index (κ2) is 8.57. The van der Waals surface area contributed by atoms with Gasteiger partial charge in [0.2, 0.25) is 17.7 Å². The van der Waals surface area contributed by atoms with E-state index < -0.39 is 0 Å². The first-order valence-corrected chi connectivity index (χ1v) is 10.9. The summed E-state index contributed by atoms with van der Waals surface area (Å²) >= 11 is 0. The van der Waals surface area contributed by atoms with E-state index in [4.69, 9.17) is 10.5 Å². The Labute approximate surface area is 183 Å². The fourth-order valence-corrected chi connectivity index (χ4v) is 4.81. The Morgan fingerprint density at radius 3 is 2.65 bits per heavy atom. The minimum atomic E-state index is -0.300. The summed E-state index contributed by atoms with van der Waals surface area (Å²) in [5.74, 6) is 1.50. The van der Waals surface area contributed by atoms with Crippen molar-refractivity contribution in [3.05, 3.63) is 48.2 Å². The van der Waals surface area contributed by atoms with Crippen LogP contribution in [0.3, 0.4) is 0 Å². The van der Waals surface area contributed by atoms with E-state index in [-0.39, 0.29) is 11.3 Å². The zero-order valence-corrected chi connectivity index (χ0v) is 18.4. The Kier molecular flexibility index (Phi) is 5.85. The molecule has 1 aromatic carbocycles. The maximum atomic E-state index is 13.5. The molecule has 2 aromatic rings. The molecular weight excluding hydrogens is 390 g/mol. The molecule has 31 heavy (non-hydrogen) atoms. The number of carbonyl (C=O) groups excluding carboxylic acids is 1. The van der Waals surface area contributed by atoms with Gasteiger partial charge in [-0.3, -0.25) is 4.79 Å². The summed E-state index contributed by atoms with van der Waals surface area (Å²) in [5.41, 5.74) is 9.20. The van der Waals surface area contributed by atoms with E-state index >= 15 is 0 Å². The number of benzene rings is 1. The van der Waals surface area contributed by atoms with Crippen molar-refractivity contribution in [2.45, 2.75) is 32.6 Å². The molecule has 0 unspecified atom stereocenters. The first-order chi connectivity index (χ1) is 14.9. The van der Waals surface area contributed by atoms with Gasteiger partial charge in [0.1, 0.15) is 0 Å². The highest BCUT2D eigenvalue weighted by Gasteiger charge is 2.46. The lowest BCUT2D eigenvalue weighted by Crippen LogP contribution is -2.54. The van der Waals surface area contributed by atoms with Gasteiger partial charge in [0.15, 0.2) is 0 Å². The molecule has 7 heteroatoms. The van der Waals surface area contributed by atoms with Crippen LogP contribution in [0.2, 0.25) is 0 Å². The molecule has 164 valence electrons. The van der Waals surface area contributed by atoms with Gasteiger partial charge in [0, 0.05) is 49.2 Å². The monoisotopic (exact) mass is 421 g/mol. The highest BCUT2D eigenvalue weighted by atomic mass is 16.5. The van der Waals surface area contributed by atoms with Crippen molar-refractivity contribution >= 4 is 23.1 Å². The predicted octanol–water partition coefficient (Wildman–Crippen LogP) is 3.30. The van der Waals surface area contributed by atoms with E-state index in [2.05, 4.69) is 21.4 Å². The number of aryl methyl sites for hydroxylation is 1. The molecule has 0 aliphatic carbocycles. The van der Waals surface area contributed by atoms with Crippen LogP contribution in [0.15, 0.2) is 36.9 Å². The molecule has 3 heterocycles. The molecule has 1 amide bonds. The van der Waals surface area contributed by atoms with Crippen molar-refractivity contribution in [1.82, 2.24) is 14.9 Å². The number of nitrogens with two attached hydrogens (primary N) is 1. The van der Waals surface area contributed by atoms with Crippen molar-refractivity contribution in [2.75, 3.05) is 43.9 Å². The molecule has 2 saturated heterocycles. The number of aromatic nitrogens is 2. The number of amides is 1. The van der Waals surface area contributed by atoms with Crippen molar-refractivity contribution in [1.29, 1.82) is 0 Å². The lowest BCUT2D eigenvalue weighted by atomic mass is 9.71. The van der Waals surface area contributed by atoms with Crippen molar-refractivity contribution in [3.63, 3.8) is 0 Å². The number of hydrogen-bond donors (Lipinski definition) is 1. The molecule has 7 nitrogen and oxygen atoms in total. The first kappa shape index (κ1) is 21.2. The maximum Gasteiger partial charge on any atom is 0.229 e. The number of piperidine rings is 2. The molecule has 4 rings (SSSR count). The van der Waals surface area contributed by atoms with E-state index in [1.165, 1.54) is 0 Å². The summed E-state index contributed by atoms with van der Waals surface area (Å²) in [6.07, 6.45) is 3.57. The Balaban J connectivity index is 1.44. The molecule has 0 radical (unpaired) electrons. The normalized spacial score (nSPS) is 18.3. The van der Waals surface area contributed by atoms with Crippen LogP contribution in [0.5, 0.6) is 5.88 Å². The number of hydrogen-bond acceptors (Lipinski definition) is 6. The summed E-state index contributed by atoms with van der Waals surface area (Å²) in [6.45, 7) is 8.97. The zero-order chi connectivity index (χ0) is 22.0. The number of methoxy groups -OCH3 is 1. The molecule has 2 N–H and O–H groups in total. The summed E-state index contributed by atoms with van der Waals surface area (Å²) in [6, 6.07) is 9.53. The average molecular weight is 422 g/mol. The largest absolute Gasteiger partial charge is 0.481 e. The predicted molar refractivity (Wildman–Crippen MR) is 123 cm³/mol. The van der Waals surface area contributed by atoms with Gasteiger partial charge in [0.25, 0.3) is 0 Å². The molecule has 1 spiro atoms. The number of ether oxygens (including phenoxy) is 1. The van der Waals surface area contributed by atoms with E-state index in [1.54, 1.807) is 7.11 Å². The average Bonchev–Trinajstić information content (AvgIpc) is 2.77. The number of likely N-dealkylation sites (tertiary alicyclic amines) is 1. The quantitative estimate of drug-likeness (QED) is 0.746. The second-order valence-corrected chi connectivity index (χ2v) is 8.64. The third-order valence-electron chi connectivity index (χ3n) is 6.58. The minimum absolute atomic E-state index is 0.247. The topological polar surface area (TPSA) is 84.6 Å². The van der Waals surface area contributed by atoms with Gasteiger partial charge >= 0.3 is 0 Å². The van der Waals surface area contributed by atoms with Gasteiger partial charge in [-0.2, -0.15) is 4.98 Å². The molecular formula is C24H31N5O2. The van der Waals surface area contributed by atoms with Crippen LogP contribution in [0.4, 0.5) is 11.6 Å². The van der Waals surface area contributed by atoms with Gasteiger partial charge in [-0.1, -0.05) is 24.8 Å². The summed E-state index contributed by atoms with van der Waals surface area (Å²) in [7, 11) is 1.61. The Bertz CT molecular complexity index is 982. The van der Waals surface area contributed by atoms with Crippen molar-refractivity contribution in [2.24, 2.45) is 5.41 Å². The second-order valence-electron chi connectivity index (χ2n) is 8.64. The van der Waals surface area contributed by atoms with Gasteiger partial charge in [0.05, 0.1) is 12.5 Å². The number of rotatable bonds is 5. The molecule has 0 atom stereocenters. The summed E-state index contributed by atoms with van der Waals surface area (Å²) in [5, 5.41) is 0. The standard InChI is InChI=1S/C24H31N5O2/c1-17(19-7-4-5-8-20(19)25)16-29-12-6-9-24(22(29)30)10-13-28(14-11-24)23-26-18(2)15-21(27-23)31-3/h4-5,7-8,15H,1,6,9-14,16,25H2,2-3H3. The minimum Gasteiger partial charge on any atom is -0.481 e. The summed E-state index contributed by atoms with van der Waals surface area (Å²) < 4.78 is 5.29. The fourth-order valence-electron chi connectivity index (χ4n) is 4.81. The maximum absolute atomic E-state index is 13.5. The van der Waals surface area contributed by atoms with E-state index in [1.807, 2.05) is 42.2 Å². The lowest BCUT2D eigenvalue weighted by Gasteiger charge is -2.46. The highest BCUT2D eigenvalue weighted by Crippen LogP contribution is 2.42. The van der Waals surface area contributed by atoms with Gasteiger partial charge in [-0.15, -0.1) is 0 Å². The van der Waals surface area contributed by atoms with Crippen LogP contribution in [-0.2, 0) is 4.79 Å².